The lowest BCUT2D eigenvalue weighted by Crippen LogP contribution is -2.38. The number of nitrogens with one attached hydrogen (secondary N) is 1. The van der Waals surface area contributed by atoms with Gasteiger partial charge >= 0.3 is 5.63 Å². The molecule has 5 rings (SSSR count). The normalized spacial score (nSPS) is 14.9. The second-order valence-electron chi connectivity index (χ2n) is 8.73. The molecule has 0 saturated carbocycles. The molecule has 0 radical (unpaired) electrons. The zero-order valence-corrected chi connectivity index (χ0v) is 18.8. The summed E-state index contributed by atoms with van der Waals surface area (Å²) in [5.41, 5.74) is 3.62. The van der Waals surface area contributed by atoms with Crippen LogP contribution in [-0.4, -0.2) is 24.0 Å². The molecule has 0 aliphatic carbocycles. The number of hydrogen-bond acceptors (Lipinski definition) is 5. The third kappa shape index (κ3) is 5.26. The minimum atomic E-state index is -0.314. The van der Waals surface area contributed by atoms with E-state index in [0.29, 0.717) is 11.6 Å². The molecule has 1 N–H and O–H groups in total. The largest absolute Gasteiger partial charge is 0.457 e. The molecule has 1 fully saturated rings. The van der Waals surface area contributed by atoms with Crippen molar-refractivity contribution in [2.75, 3.05) is 18.4 Å². The highest BCUT2D eigenvalue weighted by atomic mass is 16.5. The molecule has 0 spiro atoms. The van der Waals surface area contributed by atoms with Crippen molar-refractivity contribution in [3.63, 3.8) is 0 Å². The van der Waals surface area contributed by atoms with E-state index in [2.05, 4.69) is 28.4 Å². The van der Waals surface area contributed by atoms with E-state index < -0.39 is 0 Å². The standard InChI is InChI=1S/C28H28N2O3/c1-20-7-12-27-25(17-20)26(18-28(31)33-27)29-22-13-15-30(16-14-22)19-21-8-10-24(11-9-21)32-23-5-3-2-4-6-23/h2-12,17-18,22,29H,13-16,19H2,1H3. The van der Waals surface area contributed by atoms with Gasteiger partial charge in [-0.3, -0.25) is 4.90 Å². The van der Waals surface area contributed by atoms with E-state index in [1.54, 1.807) is 6.07 Å². The van der Waals surface area contributed by atoms with Crippen LogP contribution in [0.5, 0.6) is 11.5 Å². The number of rotatable bonds is 6. The van der Waals surface area contributed by atoms with Gasteiger partial charge in [0.25, 0.3) is 0 Å². The van der Waals surface area contributed by atoms with Gasteiger partial charge < -0.3 is 14.5 Å². The number of fused-ring (bicyclic) bond motifs is 1. The molecule has 1 aromatic heterocycles. The lowest BCUT2D eigenvalue weighted by atomic mass is 10.0. The molecule has 5 nitrogen and oxygen atoms in total. The second-order valence-corrected chi connectivity index (χ2v) is 8.73. The molecule has 0 amide bonds. The van der Waals surface area contributed by atoms with Crippen LogP contribution in [0, 0.1) is 6.92 Å². The summed E-state index contributed by atoms with van der Waals surface area (Å²) >= 11 is 0. The fourth-order valence-corrected chi connectivity index (χ4v) is 4.40. The highest BCUT2D eigenvalue weighted by Gasteiger charge is 2.20. The number of likely N-dealkylation sites (tertiary alicyclic amines) is 1. The first-order valence-electron chi connectivity index (χ1n) is 11.5. The third-order valence-electron chi connectivity index (χ3n) is 6.15. The number of nitrogens with zero attached hydrogens (tertiary/aromatic N) is 1. The Morgan fingerprint density at radius 3 is 2.42 bits per heavy atom. The summed E-state index contributed by atoms with van der Waals surface area (Å²) in [7, 11) is 0. The Labute approximate surface area is 193 Å². The van der Waals surface area contributed by atoms with Crippen molar-refractivity contribution in [2.24, 2.45) is 0 Å². The predicted molar refractivity (Wildman–Crippen MR) is 132 cm³/mol. The van der Waals surface area contributed by atoms with Crippen LogP contribution < -0.4 is 15.7 Å². The summed E-state index contributed by atoms with van der Waals surface area (Å²) in [5, 5.41) is 4.57. The Morgan fingerprint density at radius 2 is 1.67 bits per heavy atom. The molecule has 3 aromatic carbocycles. The Balaban J connectivity index is 1.17. The van der Waals surface area contributed by atoms with E-state index >= 15 is 0 Å². The van der Waals surface area contributed by atoms with Crippen molar-refractivity contribution < 1.29 is 9.15 Å². The second kappa shape index (κ2) is 9.51. The van der Waals surface area contributed by atoms with Crippen LogP contribution in [-0.2, 0) is 6.54 Å². The van der Waals surface area contributed by atoms with Gasteiger partial charge in [0.1, 0.15) is 17.1 Å². The number of ether oxygens (including phenoxy) is 1. The first-order chi connectivity index (χ1) is 16.1. The van der Waals surface area contributed by atoms with Gasteiger partial charge in [0.05, 0.1) is 5.69 Å². The van der Waals surface area contributed by atoms with Gasteiger partial charge in [-0.25, -0.2) is 4.79 Å². The van der Waals surface area contributed by atoms with Gasteiger partial charge in [0.2, 0.25) is 0 Å². The maximum Gasteiger partial charge on any atom is 0.338 e. The number of anilines is 1. The Kier molecular flexibility index (Phi) is 6.13. The van der Waals surface area contributed by atoms with Crippen LogP contribution in [0.1, 0.15) is 24.0 Å². The van der Waals surface area contributed by atoms with Gasteiger partial charge in [-0.2, -0.15) is 0 Å². The lowest BCUT2D eigenvalue weighted by molar-refractivity contribution is 0.211. The number of para-hydroxylation sites is 1. The van der Waals surface area contributed by atoms with Crippen molar-refractivity contribution in [3.8, 4) is 11.5 Å². The van der Waals surface area contributed by atoms with E-state index in [-0.39, 0.29) is 5.63 Å². The van der Waals surface area contributed by atoms with Crippen molar-refractivity contribution in [3.05, 3.63) is 100 Å². The number of hydrogen-bond donors (Lipinski definition) is 1. The maximum absolute atomic E-state index is 12.0. The number of aryl methyl sites for hydroxylation is 1. The SMILES string of the molecule is Cc1ccc2oc(=O)cc(NC3CCN(Cc4ccc(Oc5ccccc5)cc4)CC3)c2c1. The Bertz CT molecular complexity index is 1270. The molecule has 0 bridgehead atoms. The quantitative estimate of drug-likeness (QED) is 0.374. The molecule has 1 saturated heterocycles. The molecular weight excluding hydrogens is 412 g/mol. The van der Waals surface area contributed by atoms with E-state index in [0.717, 1.165) is 60.6 Å². The predicted octanol–water partition coefficient (Wildman–Crippen LogP) is 5.97. The molecule has 1 aliphatic rings. The highest BCUT2D eigenvalue weighted by molar-refractivity contribution is 5.90. The van der Waals surface area contributed by atoms with Gasteiger partial charge in [0.15, 0.2) is 0 Å². The first kappa shape index (κ1) is 21.3. The third-order valence-corrected chi connectivity index (χ3v) is 6.15. The van der Waals surface area contributed by atoms with Crippen LogP contribution in [0.15, 0.2) is 88.1 Å². The molecule has 168 valence electrons. The van der Waals surface area contributed by atoms with Crippen LogP contribution in [0.4, 0.5) is 5.69 Å². The van der Waals surface area contributed by atoms with Gasteiger partial charge in [0, 0.05) is 37.1 Å². The zero-order chi connectivity index (χ0) is 22.6. The average Bonchev–Trinajstić information content (AvgIpc) is 2.83. The van der Waals surface area contributed by atoms with Crippen molar-refractivity contribution in [1.82, 2.24) is 4.90 Å². The first-order valence-corrected chi connectivity index (χ1v) is 11.5. The molecule has 0 unspecified atom stereocenters. The van der Waals surface area contributed by atoms with Crippen LogP contribution in [0.25, 0.3) is 11.0 Å². The Morgan fingerprint density at radius 1 is 0.939 bits per heavy atom. The van der Waals surface area contributed by atoms with Crippen LogP contribution in [0.2, 0.25) is 0 Å². The van der Waals surface area contributed by atoms with Crippen molar-refractivity contribution >= 4 is 16.7 Å². The molecule has 2 heterocycles. The summed E-state index contributed by atoms with van der Waals surface area (Å²) in [4.78, 5) is 14.5. The van der Waals surface area contributed by atoms with Gasteiger partial charge in [-0.1, -0.05) is 42.0 Å². The number of benzene rings is 3. The molecule has 33 heavy (non-hydrogen) atoms. The molecular formula is C28H28N2O3. The fourth-order valence-electron chi connectivity index (χ4n) is 4.40. The molecule has 4 aromatic rings. The van der Waals surface area contributed by atoms with E-state index in [1.165, 1.54) is 5.56 Å². The maximum atomic E-state index is 12.0. The van der Waals surface area contributed by atoms with Crippen molar-refractivity contribution in [1.29, 1.82) is 0 Å². The summed E-state index contributed by atoms with van der Waals surface area (Å²) in [6, 6.07) is 26.0. The fraction of sp³-hybridized carbons (Fsp3) is 0.250. The van der Waals surface area contributed by atoms with Gasteiger partial charge in [-0.05, 0) is 61.7 Å². The van der Waals surface area contributed by atoms with E-state index in [1.807, 2.05) is 61.5 Å². The highest BCUT2D eigenvalue weighted by Crippen LogP contribution is 2.26. The minimum absolute atomic E-state index is 0.314. The number of piperidine rings is 1. The van der Waals surface area contributed by atoms with Crippen molar-refractivity contribution in [2.45, 2.75) is 32.4 Å². The van der Waals surface area contributed by atoms with Gasteiger partial charge in [-0.15, -0.1) is 0 Å². The van der Waals surface area contributed by atoms with E-state index in [9.17, 15) is 4.79 Å². The smallest absolute Gasteiger partial charge is 0.338 e. The van der Waals surface area contributed by atoms with Crippen LogP contribution in [0.3, 0.4) is 0 Å². The topological polar surface area (TPSA) is 54.7 Å². The van der Waals surface area contributed by atoms with E-state index in [4.69, 9.17) is 9.15 Å². The molecule has 5 heteroatoms. The minimum Gasteiger partial charge on any atom is -0.457 e. The molecule has 1 aliphatic heterocycles. The van der Waals surface area contributed by atoms with Crippen LogP contribution >= 0.6 is 0 Å². The average molecular weight is 441 g/mol. The summed E-state index contributed by atoms with van der Waals surface area (Å²) < 4.78 is 11.2. The summed E-state index contributed by atoms with van der Waals surface area (Å²) in [6.45, 7) is 5.00. The monoisotopic (exact) mass is 440 g/mol. The zero-order valence-electron chi connectivity index (χ0n) is 18.8. The molecule has 0 atom stereocenters. The Hall–Kier alpha value is -3.57. The lowest BCUT2D eigenvalue weighted by Gasteiger charge is -2.33. The summed E-state index contributed by atoms with van der Waals surface area (Å²) in [5.74, 6) is 1.70. The summed E-state index contributed by atoms with van der Waals surface area (Å²) in [6.07, 6.45) is 2.06.